The summed E-state index contributed by atoms with van der Waals surface area (Å²) in [6.45, 7) is 6.60. The molecule has 0 radical (unpaired) electrons. The first-order valence-corrected chi connectivity index (χ1v) is 25.8. The topological polar surface area (TPSA) is 78.9 Å². The lowest BCUT2D eigenvalue weighted by Crippen LogP contribution is -2.30. The number of rotatable bonds is 47. The molecule has 6 nitrogen and oxygen atoms in total. The number of carbonyl (C=O) groups is 3. The van der Waals surface area contributed by atoms with E-state index in [-0.39, 0.29) is 31.1 Å². The predicted octanol–water partition coefficient (Wildman–Crippen LogP) is 16.8. The normalized spacial score (nSPS) is 12.1. The van der Waals surface area contributed by atoms with E-state index < -0.39 is 6.10 Å². The van der Waals surface area contributed by atoms with Gasteiger partial charge in [-0.2, -0.15) is 0 Å². The molecule has 0 aliphatic heterocycles. The highest BCUT2D eigenvalue weighted by atomic mass is 16.6. The molecule has 1 atom stereocenters. The molecule has 0 aromatic rings. The van der Waals surface area contributed by atoms with E-state index in [0.717, 1.165) is 70.6 Å². The van der Waals surface area contributed by atoms with E-state index in [2.05, 4.69) is 45.1 Å². The zero-order chi connectivity index (χ0) is 43.0. The highest BCUT2D eigenvalue weighted by Gasteiger charge is 2.19. The molecule has 0 unspecified atom stereocenters. The van der Waals surface area contributed by atoms with E-state index in [4.69, 9.17) is 14.2 Å². The van der Waals surface area contributed by atoms with Crippen molar-refractivity contribution in [1.82, 2.24) is 0 Å². The van der Waals surface area contributed by atoms with Crippen molar-refractivity contribution in [3.8, 4) is 0 Å². The summed E-state index contributed by atoms with van der Waals surface area (Å²) in [4.78, 5) is 37.9. The molecule has 0 N–H and O–H groups in total. The quantitative estimate of drug-likeness (QED) is 0.0263. The summed E-state index contributed by atoms with van der Waals surface area (Å²) in [7, 11) is 0. The van der Waals surface area contributed by atoms with Crippen LogP contribution in [0.5, 0.6) is 0 Å². The fourth-order valence-electron chi connectivity index (χ4n) is 7.48. The molecule has 0 fully saturated rings. The fraction of sp³-hybridized carbons (Fsp3) is 0.868. The highest BCUT2D eigenvalue weighted by Crippen LogP contribution is 2.16. The lowest BCUT2D eigenvalue weighted by Gasteiger charge is -2.18. The molecule has 0 aliphatic carbocycles. The molecule has 59 heavy (non-hydrogen) atoms. The summed E-state index contributed by atoms with van der Waals surface area (Å²) in [5.74, 6) is -0.881. The molecule has 0 saturated carbocycles. The number of esters is 3. The summed E-state index contributed by atoms with van der Waals surface area (Å²) in [5.41, 5.74) is 0. The van der Waals surface area contributed by atoms with Crippen LogP contribution in [0.2, 0.25) is 0 Å². The van der Waals surface area contributed by atoms with Gasteiger partial charge in [-0.3, -0.25) is 14.4 Å². The van der Waals surface area contributed by atoms with Crippen LogP contribution in [-0.2, 0) is 28.6 Å². The van der Waals surface area contributed by atoms with Gasteiger partial charge in [-0.1, -0.05) is 218 Å². The molecule has 0 amide bonds. The van der Waals surface area contributed by atoms with Crippen LogP contribution in [0.3, 0.4) is 0 Å². The summed E-state index contributed by atoms with van der Waals surface area (Å²) in [6, 6.07) is 0. The van der Waals surface area contributed by atoms with Crippen molar-refractivity contribution in [3.63, 3.8) is 0 Å². The van der Waals surface area contributed by atoms with Crippen molar-refractivity contribution in [2.24, 2.45) is 0 Å². The second-order valence-electron chi connectivity index (χ2n) is 17.4. The summed E-state index contributed by atoms with van der Waals surface area (Å²) in [6.07, 6.45) is 54.5. The molecular weight excluding hydrogens is 733 g/mol. The van der Waals surface area contributed by atoms with Gasteiger partial charge >= 0.3 is 17.9 Å². The zero-order valence-corrected chi connectivity index (χ0v) is 39.5. The Balaban J connectivity index is 4.31. The smallest absolute Gasteiger partial charge is 0.306 e. The lowest BCUT2D eigenvalue weighted by atomic mass is 10.0. The first-order chi connectivity index (χ1) is 29.0. The minimum Gasteiger partial charge on any atom is -0.462 e. The maximum atomic E-state index is 12.8. The number of unbranched alkanes of at least 4 members (excludes halogenated alkanes) is 32. The first-order valence-electron chi connectivity index (χ1n) is 25.8. The van der Waals surface area contributed by atoms with Crippen molar-refractivity contribution >= 4 is 17.9 Å². The minimum absolute atomic E-state index is 0.0736. The molecule has 0 aromatic heterocycles. The minimum atomic E-state index is -0.773. The largest absolute Gasteiger partial charge is 0.462 e. The van der Waals surface area contributed by atoms with Gasteiger partial charge in [0.15, 0.2) is 6.10 Å². The number of hydrogen-bond acceptors (Lipinski definition) is 6. The third-order valence-electron chi connectivity index (χ3n) is 11.4. The van der Waals surface area contributed by atoms with E-state index >= 15 is 0 Å². The molecule has 0 spiro atoms. The maximum Gasteiger partial charge on any atom is 0.306 e. The highest BCUT2D eigenvalue weighted by molar-refractivity contribution is 5.71. The van der Waals surface area contributed by atoms with E-state index in [9.17, 15) is 14.4 Å². The van der Waals surface area contributed by atoms with E-state index in [0.29, 0.717) is 19.3 Å². The van der Waals surface area contributed by atoms with Crippen LogP contribution in [0.1, 0.15) is 278 Å². The van der Waals surface area contributed by atoms with Gasteiger partial charge in [0.1, 0.15) is 13.2 Å². The summed E-state index contributed by atoms with van der Waals surface area (Å²) in [5, 5.41) is 0. The van der Waals surface area contributed by atoms with Crippen LogP contribution >= 0.6 is 0 Å². The van der Waals surface area contributed by atoms with Crippen molar-refractivity contribution < 1.29 is 28.6 Å². The van der Waals surface area contributed by atoms with E-state index in [1.807, 2.05) is 0 Å². The Labute approximate surface area is 366 Å². The van der Waals surface area contributed by atoms with Crippen LogP contribution in [0.25, 0.3) is 0 Å². The lowest BCUT2D eigenvalue weighted by molar-refractivity contribution is -0.167. The summed E-state index contributed by atoms with van der Waals surface area (Å²) >= 11 is 0. The second-order valence-corrected chi connectivity index (χ2v) is 17.4. The van der Waals surface area contributed by atoms with Gasteiger partial charge in [0.25, 0.3) is 0 Å². The Morgan fingerprint density at radius 2 is 0.576 bits per heavy atom. The Morgan fingerprint density at radius 3 is 0.915 bits per heavy atom. The van der Waals surface area contributed by atoms with Gasteiger partial charge in [-0.25, -0.2) is 0 Å². The van der Waals surface area contributed by atoms with Crippen molar-refractivity contribution in [3.05, 3.63) is 24.3 Å². The molecule has 0 heterocycles. The van der Waals surface area contributed by atoms with Crippen LogP contribution in [0.4, 0.5) is 0 Å². The molecule has 0 saturated heterocycles. The fourth-order valence-corrected chi connectivity index (χ4v) is 7.48. The Bertz CT molecular complexity index is 958. The number of allylic oxidation sites excluding steroid dienone is 4. The van der Waals surface area contributed by atoms with E-state index in [1.54, 1.807) is 0 Å². The van der Waals surface area contributed by atoms with E-state index in [1.165, 1.54) is 167 Å². The number of hydrogen-bond donors (Lipinski definition) is 0. The SMILES string of the molecule is CCCC/C=C\CCCCCCCC(=O)OC[C@H](COC(=O)CCCCCCCCCCCCCCCCCCC)OC(=O)CCCCCCC/C=C\CCCCCC. The van der Waals surface area contributed by atoms with Crippen molar-refractivity contribution in [1.29, 1.82) is 0 Å². The summed E-state index contributed by atoms with van der Waals surface area (Å²) < 4.78 is 16.8. The first kappa shape index (κ1) is 56.9. The number of ether oxygens (including phenoxy) is 3. The van der Waals surface area contributed by atoms with Gasteiger partial charge in [0.2, 0.25) is 0 Å². The Kier molecular flexibility index (Phi) is 46.8. The molecular formula is C53H98O6. The molecule has 0 bridgehead atoms. The van der Waals surface area contributed by atoms with Crippen LogP contribution in [0.15, 0.2) is 24.3 Å². The Hall–Kier alpha value is -2.11. The van der Waals surface area contributed by atoms with Crippen molar-refractivity contribution in [2.75, 3.05) is 13.2 Å². The third kappa shape index (κ3) is 46.8. The maximum absolute atomic E-state index is 12.8. The standard InChI is InChI=1S/C53H98O6/c1-4-7-10-13-16-19-22-24-25-26-27-29-31-34-37-40-43-46-52(55)58-49-50(48-57-51(54)45-42-39-36-33-30-21-18-15-12-9-6-3)59-53(56)47-44-41-38-35-32-28-23-20-17-14-11-8-5-2/h15,18,20,23,50H,4-14,16-17,19,21-22,24-49H2,1-3H3/b18-15-,23-20-/t50-/m1/s1. The predicted molar refractivity (Wildman–Crippen MR) is 252 cm³/mol. The monoisotopic (exact) mass is 831 g/mol. The van der Waals surface area contributed by atoms with Crippen LogP contribution < -0.4 is 0 Å². The van der Waals surface area contributed by atoms with Gasteiger partial charge in [0.05, 0.1) is 0 Å². The zero-order valence-electron chi connectivity index (χ0n) is 39.5. The van der Waals surface area contributed by atoms with Gasteiger partial charge in [0, 0.05) is 19.3 Å². The molecule has 346 valence electrons. The average molecular weight is 831 g/mol. The molecule has 6 heteroatoms. The van der Waals surface area contributed by atoms with Gasteiger partial charge in [-0.15, -0.1) is 0 Å². The van der Waals surface area contributed by atoms with Crippen LogP contribution in [0, 0.1) is 0 Å². The molecule has 0 aromatic carbocycles. The molecule has 0 rings (SSSR count). The second kappa shape index (κ2) is 48.6. The molecule has 0 aliphatic rings. The van der Waals surface area contributed by atoms with Crippen LogP contribution in [-0.4, -0.2) is 37.2 Å². The van der Waals surface area contributed by atoms with Gasteiger partial charge in [-0.05, 0) is 64.2 Å². The third-order valence-corrected chi connectivity index (χ3v) is 11.4. The van der Waals surface area contributed by atoms with Crippen molar-refractivity contribution in [2.45, 2.75) is 284 Å². The van der Waals surface area contributed by atoms with Gasteiger partial charge < -0.3 is 14.2 Å². The Morgan fingerprint density at radius 1 is 0.322 bits per heavy atom. The number of carbonyl (C=O) groups excluding carboxylic acids is 3. The average Bonchev–Trinajstić information content (AvgIpc) is 3.23.